The Hall–Kier alpha value is -5.11. The van der Waals surface area contributed by atoms with Gasteiger partial charge in [-0.05, 0) is 81.9 Å². The van der Waals surface area contributed by atoms with Crippen LogP contribution in [0.2, 0.25) is 0 Å². The lowest BCUT2D eigenvalue weighted by Gasteiger charge is -2.24. The van der Waals surface area contributed by atoms with Gasteiger partial charge in [0.15, 0.2) is 12.2 Å². The number of phenols is 1. The van der Waals surface area contributed by atoms with E-state index in [0.717, 1.165) is 25.0 Å². The molecule has 0 unspecified atom stereocenters. The van der Waals surface area contributed by atoms with Crippen LogP contribution in [0.5, 0.6) is 5.75 Å². The molecule has 3 saturated heterocycles. The zero-order valence-corrected chi connectivity index (χ0v) is 37.4. The van der Waals surface area contributed by atoms with Crippen molar-refractivity contribution in [3.05, 3.63) is 29.8 Å². The van der Waals surface area contributed by atoms with E-state index in [1.165, 1.54) is 12.1 Å². The van der Waals surface area contributed by atoms with Gasteiger partial charge in [0.1, 0.15) is 23.9 Å². The minimum Gasteiger partial charge on any atom is -0.508 e. The SMILES string of the molecule is CCOC(=O)[C@H]1O[C@@H]1C(=O)N[C@@H](CC(C)C)C(=O)N[C@@H](Cc1ccc(O)cc1)C(=O)NCCCCCC(=O)N[C@@H](CCCCNC(=O)CCCC[C@@H]1SC[C@@H]2NC(=O)N[C@@H]21)C(N)=O. The van der Waals surface area contributed by atoms with Gasteiger partial charge in [-0.3, -0.25) is 28.8 Å². The Labute approximate surface area is 373 Å². The second-order valence-corrected chi connectivity index (χ2v) is 18.0. The molecule has 3 fully saturated rings. The number of ether oxygens (including phenoxy) is 2. The van der Waals surface area contributed by atoms with Gasteiger partial charge >= 0.3 is 12.0 Å². The van der Waals surface area contributed by atoms with E-state index < -0.39 is 59.9 Å². The minimum absolute atomic E-state index is 0.0131. The van der Waals surface area contributed by atoms with E-state index in [4.69, 9.17) is 15.2 Å². The number of aromatic hydroxyl groups is 1. The summed E-state index contributed by atoms with van der Waals surface area (Å²) in [5.41, 5.74) is 6.23. The summed E-state index contributed by atoms with van der Waals surface area (Å²) >= 11 is 1.86. The van der Waals surface area contributed by atoms with Crippen LogP contribution in [0.1, 0.15) is 103 Å². The van der Waals surface area contributed by atoms with Crippen molar-refractivity contribution in [1.82, 2.24) is 37.2 Å². The maximum absolute atomic E-state index is 13.6. The molecule has 3 aliphatic heterocycles. The highest BCUT2D eigenvalue weighted by Crippen LogP contribution is 2.33. The van der Waals surface area contributed by atoms with Crippen molar-refractivity contribution in [3.63, 3.8) is 0 Å². The number of amides is 8. The van der Waals surface area contributed by atoms with Crippen LogP contribution in [-0.4, -0.2) is 126 Å². The van der Waals surface area contributed by atoms with Crippen LogP contribution in [0.25, 0.3) is 0 Å². The number of nitrogens with two attached hydrogens (primary N) is 1. The normalized spacial score (nSPS) is 21.1. The first-order valence-electron chi connectivity index (χ1n) is 22.2. The molecule has 0 spiro atoms. The summed E-state index contributed by atoms with van der Waals surface area (Å²) < 4.78 is 10.1. The largest absolute Gasteiger partial charge is 0.508 e. The van der Waals surface area contributed by atoms with Crippen molar-refractivity contribution in [2.24, 2.45) is 11.7 Å². The summed E-state index contributed by atoms with van der Waals surface area (Å²) in [6, 6.07) is 3.57. The first-order valence-corrected chi connectivity index (χ1v) is 23.2. The van der Waals surface area contributed by atoms with Crippen LogP contribution in [0.3, 0.4) is 0 Å². The number of unbranched alkanes of at least 4 members (excludes halogenated alkanes) is 4. The Balaban J connectivity index is 1.12. The third kappa shape index (κ3) is 17.5. The zero-order chi connectivity index (χ0) is 45.9. The molecule has 0 bridgehead atoms. The quantitative estimate of drug-likeness (QED) is 0.0235. The molecule has 3 heterocycles. The Kier molecular flexibility index (Phi) is 20.7. The molecule has 1 aromatic rings. The third-order valence-corrected chi connectivity index (χ3v) is 12.5. The number of epoxide rings is 1. The first-order chi connectivity index (χ1) is 30.1. The molecule has 0 aliphatic carbocycles. The summed E-state index contributed by atoms with van der Waals surface area (Å²) in [5, 5.41) is 29.9. The van der Waals surface area contributed by atoms with Gasteiger partial charge in [-0.25, -0.2) is 9.59 Å². The number of primary amides is 1. The number of benzene rings is 1. The average Bonchev–Trinajstić information content (AvgIpc) is 3.84. The van der Waals surface area contributed by atoms with Crippen molar-refractivity contribution in [2.45, 2.75) is 152 Å². The molecule has 10 N–H and O–H groups in total. The fourth-order valence-corrected chi connectivity index (χ4v) is 9.10. The topological polar surface area (TPSA) is 289 Å². The Morgan fingerprint density at radius 1 is 0.825 bits per heavy atom. The lowest BCUT2D eigenvalue weighted by molar-refractivity contribution is -0.144. The molecule has 0 saturated carbocycles. The minimum atomic E-state index is -1.07. The molecule has 19 nitrogen and oxygen atoms in total. The highest BCUT2D eigenvalue weighted by atomic mass is 32.2. The maximum atomic E-state index is 13.6. The average molecular weight is 903 g/mol. The van der Waals surface area contributed by atoms with Crippen molar-refractivity contribution in [1.29, 1.82) is 0 Å². The molecule has 1 aromatic carbocycles. The Bertz CT molecular complexity index is 1730. The molecule has 3 aliphatic rings. The molecule has 0 aromatic heterocycles. The van der Waals surface area contributed by atoms with Crippen LogP contribution in [0.15, 0.2) is 24.3 Å². The summed E-state index contributed by atoms with van der Waals surface area (Å²) in [6.45, 7) is 6.22. The van der Waals surface area contributed by atoms with Gasteiger partial charge in [-0.2, -0.15) is 11.8 Å². The molecule has 8 atom stereocenters. The number of nitrogens with one attached hydrogen (secondary N) is 7. The summed E-state index contributed by atoms with van der Waals surface area (Å²) in [4.78, 5) is 101. The maximum Gasteiger partial charge on any atom is 0.338 e. The summed E-state index contributed by atoms with van der Waals surface area (Å²) in [7, 11) is 0. The van der Waals surface area contributed by atoms with E-state index in [0.29, 0.717) is 62.3 Å². The zero-order valence-electron chi connectivity index (χ0n) is 36.5. The number of rotatable bonds is 29. The summed E-state index contributed by atoms with van der Waals surface area (Å²) in [5.74, 6) is -2.41. The van der Waals surface area contributed by atoms with E-state index in [-0.39, 0.29) is 74.0 Å². The smallest absolute Gasteiger partial charge is 0.338 e. The highest BCUT2D eigenvalue weighted by Gasteiger charge is 2.52. The third-order valence-electron chi connectivity index (χ3n) is 11.0. The first kappa shape index (κ1) is 50.5. The molecular weight excluding hydrogens is 837 g/mol. The van der Waals surface area contributed by atoms with Crippen LogP contribution in [-0.2, 0) is 49.5 Å². The number of thioether (sulfide) groups is 1. The fraction of sp³-hybridized carbons (Fsp3) is 0.674. The molecule has 8 amide bonds. The Morgan fingerprint density at radius 3 is 2.24 bits per heavy atom. The monoisotopic (exact) mass is 902 g/mol. The molecule has 350 valence electrons. The number of hydrogen-bond donors (Lipinski definition) is 9. The van der Waals surface area contributed by atoms with Gasteiger partial charge in [-0.15, -0.1) is 0 Å². The second-order valence-electron chi connectivity index (χ2n) is 16.7. The standard InChI is InChI=1S/C43H66N8O11S/c1-4-61-42(59)37-36(62-37)41(58)49-29(22-25(2)3)40(57)48-30(23-26-16-18-27(52)19-17-26)39(56)46-21-10-5-6-15-34(54)47-28(38(44)55)12-9-11-20-45-33(53)14-8-7-13-32-35-31(24-63-32)50-43(60)51-35/h16-19,25,28-32,35-37,52H,4-15,20-24H2,1-3H3,(H2,44,55)(H,45,53)(H,46,56)(H,47,54)(H,48,57)(H,49,58)(H2,50,51,60)/t28-,29-,30-,31-,32-,35-,36-,37-/m0/s1. The lowest BCUT2D eigenvalue weighted by Crippen LogP contribution is -2.55. The predicted octanol–water partition coefficient (Wildman–Crippen LogP) is 0.940. The van der Waals surface area contributed by atoms with Crippen LogP contribution < -0.4 is 43.0 Å². The molecule has 0 radical (unpaired) electrons. The van der Waals surface area contributed by atoms with Gasteiger partial charge in [0, 0.05) is 43.4 Å². The number of carbonyl (C=O) groups is 8. The van der Waals surface area contributed by atoms with E-state index in [1.807, 2.05) is 25.6 Å². The van der Waals surface area contributed by atoms with E-state index in [1.54, 1.807) is 19.1 Å². The molecule has 63 heavy (non-hydrogen) atoms. The van der Waals surface area contributed by atoms with Crippen LogP contribution in [0, 0.1) is 5.92 Å². The highest BCUT2D eigenvalue weighted by molar-refractivity contribution is 8.00. The van der Waals surface area contributed by atoms with Gasteiger partial charge in [0.2, 0.25) is 29.5 Å². The van der Waals surface area contributed by atoms with E-state index in [9.17, 15) is 43.5 Å². The Morgan fingerprint density at radius 2 is 1.52 bits per heavy atom. The van der Waals surface area contributed by atoms with Gasteiger partial charge in [0.25, 0.3) is 5.91 Å². The number of phenolic OH excluding ortho intramolecular Hbond substituents is 1. The van der Waals surface area contributed by atoms with E-state index >= 15 is 0 Å². The van der Waals surface area contributed by atoms with Crippen molar-refractivity contribution in [3.8, 4) is 5.75 Å². The fourth-order valence-electron chi connectivity index (χ4n) is 7.56. The number of hydrogen-bond acceptors (Lipinski definition) is 12. The predicted molar refractivity (Wildman–Crippen MR) is 234 cm³/mol. The molecular formula is C43H66N8O11S. The molecule has 20 heteroatoms. The molecule has 4 rings (SSSR count). The van der Waals surface area contributed by atoms with Gasteiger partial charge < -0.3 is 57.5 Å². The van der Waals surface area contributed by atoms with Crippen molar-refractivity contribution < 1.29 is 52.9 Å². The number of esters is 1. The number of carbonyl (C=O) groups excluding carboxylic acids is 8. The van der Waals surface area contributed by atoms with Crippen LogP contribution >= 0.6 is 11.8 Å². The number of fused-ring (bicyclic) bond motifs is 1. The van der Waals surface area contributed by atoms with Crippen LogP contribution in [0.4, 0.5) is 4.79 Å². The van der Waals surface area contributed by atoms with Crippen molar-refractivity contribution >= 4 is 59.2 Å². The van der Waals surface area contributed by atoms with E-state index in [2.05, 4.69) is 37.2 Å². The summed E-state index contributed by atoms with van der Waals surface area (Å²) in [6.07, 6.45) is 4.53. The second kappa shape index (κ2) is 25.9. The number of urea groups is 1. The van der Waals surface area contributed by atoms with Gasteiger partial charge in [0.05, 0.1) is 18.7 Å². The lowest BCUT2D eigenvalue weighted by atomic mass is 10.0. The van der Waals surface area contributed by atoms with Crippen molar-refractivity contribution in [2.75, 3.05) is 25.4 Å². The van der Waals surface area contributed by atoms with Gasteiger partial charge in [-0.1, -0.05) is 38.8 Å².